The van der Waals surface area contributed by atoms with Crippen molar-refractivity contribution in [3.05, 3.63) is 22.2 Å². The first-order valence-corrected chi connectivity index (χ1v) is 6.84. The third-order valence-corrected chi connectivity index (χ3v) is 3.77. The molecule has 1 spiro atoms. The summed E-state index contributed by atoms with van der Waals surface area (Å²) in [6.07, 6.45) is 2.37. The monoisotopic (exact) mass is 265 g/mol. The largest absolute Gasteiger partial charge is 0.356 e. The topological polar surface area (TPSA) is 67.5 Å². The summed E-state index contributed by atoms with van der Waals surface area (Å²) >= 11 is 0. The fraction of sp³-hybridized carbons (Fsp3) is 0.692. The average molecular weight is 265 g/mol. The number of anilines is 1. The number of ether oxygens (including phenoxy) is 2. The standard InChI is InChI=1S/C13H19N3O3/c1-2-10-14-11(9-12(17)15-10)16-5-3-13(4-6-16)18-7-8-19-13/h9H,2-8H2,1H3,(H,14,15,17). The number of piperidine rings is 1. The van der Waals surface area contributed by atoms with Gasteiger partial charge in [0.2, 0.25) is 0 Å². The number of rotatable bonds is 2. The van der Waals surface area contributed by atoms with Crippen LogP contribution in [0.5, 0.6) is 0 Å². The second-order valence-electron chi connectivity index (χ2n) is 5.00. The van der Waals surface area contributed by atoms with Crippen molar-refractivity contribution >= 4 is 5.82 Å². The molecule has 104 valence electrons. The highest BCUT2D eigenvalue weighted by Crippen LogP contribution is 2.32. The zero-order chi connectivity index (χ0) is 13.3. The molecule has 0 amide bonds. The summed E-state index contributed by atoms with van der Waals surface area (Å²) in [6, 6.07) is 1.56. The van der Waals surface area contributed by atoms with Gasteiger partial charge in [-0.25, -0.2) is 4.98 Å². The minimum absolute atomic E-state index is 0.0875. The van der Waals surface area contributed by atoms with Gasteiger partial charge in [-0.2, -0.15) is 0 Å². The van der Waals surface area contributed by atoms with Crippen molar-refractivity contribution in [3.8, 4) is 0 Å². The minimum atomic E-state index is -0.384. The van der Waals surface area contributed by atoms with Crippen molar-refractivity contribution in [2.75, 3.05) is 31.2 Å². The van der Waals surface area contributed by atoms with Gasteiger partial charge in [-0.05, 0) is 0 Å². The Morgan fingerprint density at radius 1 is 1.37 bits per heavy atom. The molecule has 0 aromatic carbocycles. The molecule has 6 nitrogen and oxygen atoms in total. The maximum Gasteiger partial charge on any atom is 0.252 e. The van der Waals surface area contributed by atoms with E-state index in [0.29, 0.717) is 13.2 Å². The van der Waals surface area contributed by atoms with Gasteiger partial charge in [-0.3, -0.25) is 4.79 Å². The number of aryl methyl sites for hydroxylation is 1. The molecule has 0 atom stereocenters. The molecule has 19 heavy (non-hydrogen) atoms. The number of aromatic amines is 1. The van der Waals surface area contributed by atoms with Crippen LogP contribution in [0.25, 0.3) is 0 Å². The number of nitrogens with one attached hydrogen (secondary N) is 1. The second kappa shape index (κ2) is 4.94. The maximum absolute atomic E-state index is 11.6. The molecular weight excluding hydrogens is 246 g/mol. The van der Waals surface area contributed by atoms with E-state index in [4.69, 9.17) is 9.47 Å². The zero-order valence-electron chi connectivity index (χ0n) is 11.1. The van der Waals surface area contributed by atoms with Crippen LogP contribution in [0, 0.1) is 0 Å². The Balaban J connectivity index is 1.74. The number of H-pyrrole nitrogens is 1. The highest BCUT2D eigenvalue weighted by molar-refractivity contribution is 5.38. The molecule has 2 aliphatic heterocycles. The normalized spacial score (nSPS) is 22.1. The molecule has 1 aromatic rings. The van der Waals surface area contributed by atoms with Crippen LogP contribution in [-0.2, 0) is 15.9 Å². The predicted molar refractivity (Wildman–Crippen MR) is 70.3 cm³/mol. The fourth-order valence-electron chi connectivity index (χ4n) is 2.69. The Labute approximate surface area is 111 Å². The van der Waals surface area contributed by atoms with Crippen molar-refractivity contribution in [2.24, 2.45) is 0 Å². The van der Waals surface area contributed by atoms with Crippen LogP contribution in [-0.4, -0.2) is 42.1 Å². The lowest BCUT2D eigenvalue weighted by Crippen LogP contribution is -2.45. The molecule has 0 bridgehead atoms. The molecule has 6 heteroatoms. The van der Waals surface area contributed by atoms with Gasteiger partial charge in [-0.1, -0.05) is 6.92 Å². The van der Waals surface area contributed by atoms with Gasteiger partial charge in [0.05, 0.1) is 13.2 Å². The summed E-state index contributed by atoms with van der Waals surface area (Å²) < 4.78 is 11.4. The summed E-state index contributed by atoms with van der Waals surface area (Å²) in [5.74, 6) is 1.11. The third kappa shape index (κ3) is 2.50. The quantitative estimate of drug-likeness (QED) is 0.851. The summed E-state index contributed by atoms with van der Waals surface area (Å²) in [4.78, 5) is 20.9. The molecule has 0 aliphatic carbocycles. The first-order chi connectivity index (χ1) is 9.21. The lowest BCUT2D eigenvalue weighted by molar-refractivity contribution is -0.169. The van der Waals surface area contributed by atoms with Crippen LogP contribution < -0.4 is 10.5 Å². The molecule has 2 saturated heterocycles. The van der Waals surface area contributed by atoms with Gasteiger partial charge < -0.3 is 19.4 Å². The first kappa shape index (κ1) is 12.6. The molecule has 1 aromatic heterocycles. The smallest absolute Gasteiger partial charge is 0.252 e. The van der Waals surface area contributed by atoms with Crippen LogP contribution >= 0.6 is 0 Å². The molecule has 3 heterocycles. The van der Waals surface area contributed by atoms with E-state index >= 15 is 0 Å². The Morgan fingerprint density at radius 2 is 2.05 bits per heavy atom. The second-order valence-corrected chi connectivity index (χ2v) is 5.00. The van der Waals surface area contributed by atoms with E-state index in [2.05, 4.69) is 14.9 Å². The average Bonchev–Trinajstić information content (AvgIpc) is 2.87. The van der Waals surface area contributed by atoms with Crippen LogP contribution in [0.4, 0.5) is 5.82 Å². The fourth-order valence-corrected chi connectivity index (χ4v) is 2.69. The van der Waals surface area contributed by atoms with Gasteiger partial charge in [0.1, 0.15) is 11.6 Å². The Morgan fingerprint density at radius 3 is 2.68 bits per heavy atom. The highest BCUT2D eigenvalue weighted by Gasteiger charge is 2.40. The minimum Gasteiger partial charge on any atom is -0.356 e. The van der Waals surface area contributed by atoms with E-state index in [1.54, 1.807) is 6.07 Å². The van der Waals surface area contributed by atoms with Crippen molar-refractivity contribution in [3.63, 3.8) is 0 Å². The van der Waals surface area contributed by atoms with Crippen LogP contribution in [0.15, 0.2) is 10.9 Å². The number of hydrogen-bond acceptors (Lipinski definition) is 5. The van der Waals surface area contributed by atoms with Gasteiger partial charge in [0, 0.05) is 38.4 Å². The van der Waals surface area contributed by atoms with Crippen LogP contribution in [0.3, 0.4) is 0 Å². The van der Waals surface area contributed by atoms with Crippen molar-refractivity contribution < 1.29 is 9.47 Å². The van der Waals surface area contributed by atoms with Crippen LogP contribution in [0.2, 0.25) is 0 Å². The highest BCUT2D eigenvalue weighted by atomic mass is 16.7. The molecule has 0 radical (unpaired) electrons. The SMILES string of the molecule is CCc1nc(N2CCC3(CC2)OCCO3)cc(=O)[nH]1. The number of nitrogens with zero attached hydrogens (tertiary/aromatic N) is 2. The first-order valence-electron chi connectivity index (χ1n) is 6.84. The number of hydrogen-bond donors (Lipinski definition) is 1. The van der Waals surface area contributed by atoms with E-state index in [9.17, 15) is 4.79 Å². The molecule has 3 rings (SSSR count). The Kier molecular flexibility index (Phi) is 3.28. The van der Waals surface area contributed by atoms with Crippen molar-refractivity contribution in [1.82, 2.24) is 9.97 Å². The molecule has 0 unspecified atom stereocenters. The molecule has 2 aliphatic rings. The molecule has 1 N–H and O–H groups in total. The van der Waals surface area contributed by atoms with E-state index < -0.39 is 0 Å². The summed E-state index contributed by atoms with van der Waals surface area (Å²) in [6.45, 7) is 4.96. The Hall–Kier alpha value is -1.40. The maximum atomic E-state index is 11.6. The summed E-state index contributed by atoms with van der Waals surface area (Å²) in [5, 5.41) is 0. The van der Waals surface area contributed by atoms with E-state index in [0.717, 1.165) is 44.0 Å². The van der Waals surface area contributed by atoms with E-state index in [-0.39, 0.29) is 11.3 Å². The summed E-state index contributed by atoms with van der Waals surface area (Å²) in [7, 11) is 0. The van der Waals surface area contributed by atoms with Crippen LogP contribution in [0.1, 0.15) is 25.6 Å². The molecular formula is C13H19N3O3. The van der Waals surface area contributed by atoms with Gasteiger partial charge >= 0.3 is 0 Å². The lowest BCUT2D eigenvalue weighted by atomic mass is 10.0. The third-order valence-electron chi connectivity index (χ3n) is 3.77. The summed E-state index contributed by atoms with van der Waals surface area (Å²) in [5.41, 5.74) is -0.0875. The zero-order valence-corrected chi connectivity index (χ0v) is 11.1. The van der Waals surface area contributed by atoms with Gasteiger partial charge in [0.15, 0.2) is 5.79 Å². The van der Waals surface area contributed by atoms with Gasteiger partial charge in [-0.15, -0.1) is 0 Å². The van der Waals surface area contributed by atoms with Gasteiger partial charge in [0.25, 0.3) is 5.56 Å². The predicted octanol–water partition coefficient (Wildman–Crippen LogP) is 0.676. The van der Waals surface area contributed by atoms with E-state index in [1.165, 1.54) is 0 Å². The van der Waals surface area contributed by atoms with E-state index in [1.807, 2.05) is 6.92 Å². The number of aromatic nitrogens is 2. The van der Waals surface area contributed by atoms with Crippen molar-refractivity contribution in [1.29, 1.82) is 0 Å². The Bertz CT molecular complexity index is 498. The molecule has 2 fully saturated rings. The van der Waals surface area contributed by atoms with Crippen molar-refractivity contribution in [2.45, 2.75) is 32.0 Å². The molecule has 0 saturated carbocycles. The lowest BCUT2D eigenvalue weighted by Gasteiger charge is -2.38.